The second kappa shape index (κ2) is 3.49. The van der Waals surface area contributed by atoms with E-state index >= 15 is 0 Å². The summed E-state index contributed by atoms with van der Waals surface area (Å²) in [5, 5.41) is 0. The number of hydrogen-bond donors (Lipinski definition) is 0. The minimum absolute atomic E-state index is 0.247. The Bertz CT molecular complexity index is 590. The van der Waals surface area contributed by atoms with Crippen molar-refractivity contribution >= 4 is 11.0 Å². The highest BCUT2D eigenvalue weighted by Gasteiger charge is 2.27. The second-order valence-corrected chi connectivity index (χ2v) is 5.59. The number of aromatic nitrogens is 2. The zero-order valence-corrected chi connectivity index (χ0v) is 10.1. The maximum atomic E-state index is 13.1. The molecular formula is C14H15FN2. The Morgan fingerprint density at radius 2 is 1.88 bits per heavy atom. The van der Waals surface area contributed by atoms with Crippen LogP contribution in [0.25, 0.3) is 11.0 Å². The van der Waals surface area contributed by atoms with E-state index < -0.39 is 0 Å². The van der Waals surface area contributed by atoms with Gasteiger partial charge in [-0.25, -0.2) is 14.4 Å². The van der Waals surface area contributed by atoms with Gasteiger partial charge < -0.3 is 0 Å². The molecule has 1 aliphatic carbocycles. The van der Waals surface area contributed by atoms with Gasteiger partial charge in [0.2, 0.25) is 0 Å². The van der Waals surface area contributed by atoms with E-state index in [0.29, 0.717) is 10.9 Å². The van der Waals surface area contributed by atoms with Crippen molar-refractivity contribution in [2.75, 3.05) is 0 Å². The molecule has 2 aromatic rings. The van der Waals surface area contributed by atoms with Crippen molar-refractivity contribution in [3.05, 3.63) is 35.4 Å². The van der Waals surface area contributed by atoms with Gasteiger partial charge in [-0.05, 0) is 36.8 Å². The van der Waals surface area contributed by atoms with E-state index in [-0.39, 0.29) is 5.82 Å². The van der Waals surface area contributed by atoms with Crippen molar-refractivity contribution in [3.8, 4) is 0 Å². The standard InChI is InChI=1S/C14H15FN2/c1-14(2)6-5-11-13(8-14)17-10-4-3-9(15)7-12(10)16-11/h3-4,7H,5-6,8H2,1-2H3. The second-order valence-electron chi connectivity index (χ2n) is 5.59. The highest BCUT2D eigenvalue weighted by Crippen LogP contribution is 2.33. The van der Waals surface area contributed by atoms with Gasteiger partial charge in [-0.15, -0.1) is 0 Å². The molecule has 1 aromatic carbocycles. The molecule has 0 radical (unpaired) electrons. The highest BCUT2D eigenvalue weighted by atomic mass is 19.1. The van der Waals surface area contributed by atoms with E-state index in [0.717, 1.165) is 36.2 Å². The van der Waals surface area contributed by atoms with Gasteiger partial charge in [-0.2, -0.15) is 0 Å². The largest absolute Gasteiger partial charge is 0.249 e. The van der Waals surface area contributed by atoms with Crippen molar-refractivity contribution in [2.24, 2.45) is 5.41 Å². The van der Waals surface area contributed by atoms with Crippen LogP contribution in [0.5, 0.6) is 0 Å². The van der Waals surface area contributed by atoms with Gasteiger partial charge in [0.25, 0.3) is 0 Å². The molecule has 2 nitrogen and oxygen atoms in total. The number of fused-ring (bicyclic) bond motifs is 2. The number of rotatable bonds is 0. The Labute approximate surface area is 99.9 Å². The van der Waals surface area contributed by atoms with E-state index in [2.05, 4.69) is 23.8 Å². The quantitative estimate of drug-likeness (QED) is 0.694. The third kappa shape index (κ3) is 1.90. The lowest BCUT2D eigenvalue weighted by molar-refractivity contribution is 0.308. The smallest absolute Gasteiger partial charge is 0.125 e. The highest BCUT2D eigenvalue weighted by molar-refractivity contribution is 5.74. The maximum absolute atomic E-state index is 13.1. The summed E-state index contributed by atoms with van der Waals surface area (Å²) in [6, 6.07) is 4.61. The summed E-state index contributed by atoms with van der Waals surface area (Å²) in [6.07, 6.45) is 3.03. The van der Waals surface area contributed by atoms with Gasteiger partial charge in [0, 0.05) is 6.07 Å². The molecule has 0 saturated carbocycles. The summed E-state index contributed by atoms with van der Waals surface area (Å²) in [5.74, 6) is -0.247. The summed E-state index contributed by atoms with van der Waals surface area (Å²) in [6.45, 7) is 4.51. The van der Waals surface area contributed by atoms with Crippen molar-refractivity contribution in [3.63, 3.8) is 0 Å². The zero-order chi connectivity index (χ0) is 12.0. The average molecular weight is 230 g/mol. The monoisotopic (exact) mass is 230 g/mol. The Hall–Kier alpha value is -1.51. The Morgan fingerprint density at radius 3 is 2.71 bits per heavy atom. The molecule has 0 spiro atoms. The molecule has 88 valence electrons. The zero-order valence-electron chi connectivity index (χ0n) is 10.1. The average Bonchev–Trinajstić information content (AvgIpc) is 2.26. The minimum Gasteiger partial charge on any atom is -0.249 e. The van der Waals surface area contributed by atoms with E-state index in [1.54, 1.807) is 6.07 Å². The first kappa shape index (κ1) is 10.6. The molecule has 0 N–H and O–H groups in total. The molecule has 17 heavy (non-hydrogen) atoms. The summed E-state index contributed by atoms with van der Waals surface area (Å²) in [4.78, 5) is 9.16. The van der Waals surface area contributed by atoms with Gasteiger partial charge >= 0.3 is 0 Å². The van der Waals surface area contributed by atoms with E-state index in [1.165, 1.54) is 12.1 Å². The molecule has 1 heterocycles. The lowest BCUT2D eigenvalue weighted by atomic mass is 9.78. The molecule has 0 aliphatic heterocycles. The number of hydrogen-bond acceptors (Lipinski definition) is 2. The normalized spacial score (nSPS) is 18.1. The van der Waals surface area contributed by atoms with Crippen LogP contribution < -0.4 is 0 Å². The van der Waals surface area contributed by atoms with E-state index in [1.807, 2.05) is 0 Å². The van der Waals surface area contributed by atoms with Gasteiger partial charge in [0.1, 0.15) is 5.82 Å². The van der Waals surface area contributed by atoms with Crippen LogP contribution in [-0.2, 0) is 12.8 Å². The summed E-state index contributed by atoms with van der Waals surface area (Å²) < 4.78 is 13.1. The van der Waals surface area contributed by atoms with E-state index in [9.17, 15) is 4.39 Å². The predicted molar refractivity (Wildman–Crippen MR) is 65.3 cm³/mol. The van der Waals surface area contributed by atoms with Gasteiger partial charge in [-0.1, -0.05) is 13.8 Å². The number of aryl methyl sites for hydroxylation is 1. The number of nitrogens with zero attached hydrogens (tertiary/aromatic N) is 2. The third-order valence-electron chi connectivity index (χ3n) is 3.47. The molecule has 3 heteroatoms. The maximum Gasteiger partial charge on any atom is 0.125 e. The van der Waals surface area contributed by atoms with Crippen molar-refractivity contribution in [2.45, 2.75) is 33.1 Å². The van der Waals surface area contributed by atoms with Gasteiger partial charge in [0.05, 0.1) is 22.4 Å². The van der Waals surface area contributed by atoms with Crippen LogP contribution in [0.4, 0.5) is 4.39 Å². The first-order chi connectivity index (χ1) is 8.03. The Balaban J connectivity index is 2.17. The van der Waals surface area contributed by atoms with Crippen molar-refractivity contribution in [1.29, 1.82) is 0 Å². The molecule has 0 bridgehead atoms. The summed E-state index contributed by atoms with van der Waals surface area (Å²) in [7, 11) is 0. The van der Waals surface area contributed by atoms with E-state index in [4.69, 9.17) is 0 Å². The van der Waals surface area contributed by atoms with Gasteiger partial charge in [-0.3, -0.25) is 0 Å². The van der Waals surface area contributed by atoms with Crippen LogP contribution in [0, 0.1) is 11.2 Å². The molecule has 0 unspecified atom stereocenters. The Morgan fingerprint density at radius 1 is 1.12 bits per heavy atom. The Kier molecular flexibility index (Phi) is 2.18. The number of benzene rings is 1. The van der Waals surface area contributed by atoms with Crippen LogP contribution in [0.1, 0.15) is 31.7 Å². The predicted octanol–water partition coefficient (Wildman–Crippen LogP) is 3.28. The fourth-order valence-corrected chi connectivity index (χ4v) is 2.44. The lowest BCUT2D eigenvalue weighted by Crippen LogP contribution is -2.24. The first-order valence-electron chi connectivity index (χ1n) is 5.99. The van der Waals surface area contributed by atoms with Crippen LogP contribution >= 0.6 is 0 Å². The molecule has 1 aromatic heterocycles. The SMILES string of the molecule is CC1(C)CCc2nc3cc(F)ccc3nc2C1. The van der Waals surface area contributed by atoms with Crippen LogP contribution in [-0.4, -0.2) is 9.97 Å². The molecule has 0 fully saturated rings. The molecule has 1 aliphatic rings. The summed E-state index contributed by atoms with van der Waals surface area (Å²) >= 11 is 0. The third-order valence-corrected chi connectivity index (χ3v) is 3.47. The molecule has 0 amide bonds. The van der Waals surface area contributed by atoms with Crippen LogP contribution in [0.3, 0.4) is 0 Å². The topological polar surface area (TPSA) is 25.8 Å². The van der Waals surface area contributed by atoms with Crippen molar-refractivity contribution in [1.82, 2.24) is 9.97 Å². The molecule has 0 atom stereocenters. The fourth-order valence-electron chi connectivity index (χ4n) is 2.44. The van der Waals surface area contributed by atoms with Crippen LogP contribution in [0.15, 0.2) is 18.2 Å². The first-order valence-corrected chi connectivity index (χ1v) is 5.99. The van der Waals surface area contributed by atoms with Crippen LogP contribution in [0.2, 0.25) is 0 Å². The lowest BCUT2D eigenvalue weighted by Gasteiger charge is -2.29. The molecular weight excluding hydrogens is 215 g/mol. The van der Waals surface area contributed by atoms with Gasteiger partial charge in [0.15, 0.2) is 0 Å². The summed E-state index contributed by atoms with van der Waals surface area (Å²) in [5.41, 5.74) is 3.89. The molecule has 0 saturated heterocycles. The fraction of sp³-hybridized carbons (Fsp3) is 0.429. The number of halogens is 1. The van der Waals surface area contributed by atoms with Crippen molar-refractivity contribution < 1.29 is 4.39 Å². The minimum atomic E-state index is -0.247. The molecule has 3 rings (SSSR count).